The number of rotatable bonds is 7. The van der Waals surface area contributed by atoms with Crippen LogP contribution < -0.4 is 15.2 Å². The third kappa shape index (κ3) is 4.82. The molecule has 0 spiro atoms. The first kappa shape index (κ1) is 23.6. The summed E-state index contributed by atoms with van der Waals surface area (Å²) in [5.74, 6) is 0.559. The highest BCUT2D eigenvalue weighted by atomic mass is 19.1. The molecule has 1 amide bonds. The normalized spacial score (nSPS) is 13.8. The number of piperazine rings is 1. The number of para-hydroxylation sites is 2. The molecule has 0 atom stereocenters. The molecule has 5 rings (SSSR count). The minimum atomic E-state index is -0.328. The fourth-order valence-electron chi connectivity index (χ4n) is 4.53. The van der Waals surface area contributed by atoms with Gasteiger partial charge in [0.25, 0.3) is 5.56 Å². The highest BCUT2D eigenvalue weighted by molar-refractivity contribution is 5.76. The number of hydrogen-bond acceptors (Lipinski definition) is 5. The van der Waals surface area contributed by atoms with E-state index in [1.54, 1.807) is 30.6 Å². The number of carbonyl (C=O) groups is 1. The summed E-state index contributed by atoms with van der Waals surface area (Å²) in [4.78, 5) is 30.0. The lowest BCUT2D eigenvalue weighted by Crippen LogP contribution is -2.49. The van der Waals surface area contributed by atoms with Crippen molar-refractivity contribution in [2.24, 2.45) is 0 Å². The van der Waals surface area contributed by atoms with E-state index in [0.717, 1.165) is 30.1 Å². The number of nitrogens with zero attached hydrogens (tertiary/aromatic N) is 5. The van der Waals surface area contributed by atoms with E-state index in [9.17, 15) is 14.0 Å². The second-order valence-corrected chi connectivity index (χ2v) is 8.68. The van der Waals surface area contributed by atoms with E-state index in [1.807, 2.05) is 36.1 Å². The third-order valence-corrected chi connectivity index (χ3v) is 6.45. The van der Waals surface area contributed by atoms with Crippen molar-refractivity contribution in [1.29, 1.82) is 0 Å². The molecule has 3 heterocycles. The van der Waals surface area contributed by atoms with E-state index in [0.29, 0.717) is 37.5 Å². The summed E-state index contributed by atoms with van der Waals surface area (Å²) in [7, 11) is 0. The number of halogens is 1. The molecule has 2 aromatic heterocycles. The van der Waals surface area contributed by atoms with Gasteiger partial charge < -0.3 is 19.1 Å². The molecule has 186 valence electrons. The molecule has 1 aliphatic heterocycles. The second-order valence-electron chi connectivity index (χ2n) is 8.68. The fraction of sp³-hybridized carbons (Fsp3) is 0.296. The van der Waals surface area contributed by atoms with Crippen LogP contribution in [0.25, 0.3) is 16.8 Å². The van der Waals surface area contributed by atoms with E-state index in [2.05, 4.69) is 10.00 Å². The van der Waals surface area contributed by atoms with Gasteiger partial charge in [0.05, 0.1) is 18.0 Å². The molecule has 0 N–H and O–H groups in total. The zero-order chi connectivity index (χ0) is 25.1. The van der Waals surface area contributed by atoms with Crippen molar-refractivity contribution in [2.45, 2.75) is 19.9 Å². The van der Waals surface area contributed by atoms with Gasteiger partial charge in [-0.1, -0.05) is 12.1 Å². The van der Waals surface area contributed by atoms with Crippen LogP contribution in [0, 0.1) is 5.82 Å². The Labute approximate surface area is 208 Å². The lowest BCUT2D eigenvalue weighted by Gasteiger charge is -2.36. The zero-order valence-corrected chi connectivity index (χ0v) is 20.1. The van der Waals surface area contributed by atoms with Crippen LogP contribution in [0.15, 0.2) is 71.8 Å². The van der Waals surface area contributed by atoms with Crippen LogP contribution in [0.4, 0.5) is 10.1 Å². The second kappa shape index (κ2) is 10.2. The third-order valence-electron chi connectivity index (χ3n) is 6.45. The van der Waals surface area contributed by atoms with E-state index in [-0.39, 0.29) is 23.7 Å². The Hall–Kier alpha value is -4.14. The SMILES string of the molecule is CCOc1ccccc1N1CCN(C(=O)CCn2ccn3nc(-c4ccc(F)cc4)cc3c2=O)CC1. The van der Waals surface area contributed by atoms with Crippen molar-refractivity contribution in [3.63, 3.8) is 0 Å². The van der Waals surface area contributed by atoms with Gasteiger partial charge in [-0.05, 0) is 49.4 Å². The molecule has 0 unspecified atom stereocenters. The largest absolute Gasteiger partial charge is 0.492 e. The van der Waals surface area contributed by atoms with Crippen LogP contribution in [0.3, 0.4) is 0 Å². The summed E-state index contributed by atoms with van der Waals surface area (Å²) in [6.45, 7) is 5.56. The lowest BCUT2D eigenvalue weighted by molar-refractivity contribution is -0.131. The Balaban J connectivity index is 1.21. The van der Waals surface area contributed by atoms with Crippen LogP contribution in [-0.2, 0) is 11.3 Å². The maximum Gasteiger partial charge on any atom is 0.276 e. The maximum atomic E-state index is 13.2. The molecule has 1 fully saturated rings. The average molecular weight is 490 g/mol. The molecule has 0 aliphatic carbocycles. The number of hydrogen-bond donors (Lipinski definition) is 0. The highest BCUT2D eigenvalue weighted by Gasteiger charge is 2.23. The number of ether oxygens (including phenoxy) is 1. The Morgan fingerprint density at radius 2 is 1.78 bits per heavy atom. The van der Waals surface area contributed by atoms with Gasteiger partial charge in [0, 0.05) is 57.1 Å². The molecule has 36 heavy (non-hydrogen) atoms. The quantitative estimate of drug-likeness (QED) is 0.398. The molecule has 9 heteroatoms. The maximum absolute atomic E-state index is 13.2. The van der Waals surface area contributed by atoms with E-state index < -0.39 is 0 Å². The standard InChI is InChI=1S/C27H28FN5O3/c1-2-36-25-6-4-3-5-23(25)30-13-15-31(16-14-30)26(34)11-12-32-17-18-33-24(27(32)35)19-22(29-33)20-7-9-21(28)10-8-20/h3-10,17-19H,2,11-16H2,1H3. The number of aryl methyl sites for hydroxylation is 1. The first-order valence-corrected chi connectivity index (χ1v) is 12.1. The predicted molar refractivity (Wildman–Crippen MR) is 136 cm³/mol. The molecule has 2 aromatic carbocycles. The Morgan fingerprint density at radius 1 is 1.03 bits per heavy atom. The summed E-state index contributed by atoms with van der Waals surface area (Å²) in [6, 6.07) is 15.6. The number of anilines is 1. The average Bonchev–Trinajstić information content (AvgIpc) is 3.34. The van der Waals surface area contributed by atoms with Crippen molar-refractivity contribution in [3.8, 4) is 17.0 Å². The van der Waals surface area contributed by atoms with Gasteiger partial charge in [-0.2, -0.15) is 5.10 Å². The Kier molecular flexibility index (Phi) is 6.71. The molecule has 0 radical (unpaired) electrons. The summed E-state index contributed by atoms with van der Waals surface area (Å²) < 4.78 is 22.0. The molecule has 8 nitrogen and oxygen atoms in total. The van der Waals surface area contributed by atoms with Gasteiger partial charge in [0.2, 0.25) is 5.91 Å². The number of carbonyl (C=O) groups excluding carboxylic acids is 1. The van der Waals surface area contributed by atoms with Gasteiger partial charge >= 0.3 is 0 Å². The van der Waals surface area contributed by atoms with Crippen molar-refractivity contribution < 1.29 is 13.9 Å². The minimum Gasteiger partial charge on any atom is -0.492 e. The Bertz CT molecular complexity index is 1420. The molecule has 0 saturated carbocycles. The molecule has 4 aromatic rings. The fourth-order valence-corrected chi connectivity index (χ4v) is 4.53. The molecule has 1 saturated heterocycles. The summed E-state index contributed by atoms with van der Waals surface area (Å²) in [5.41, 5.74) is 2.55. The van der Waals surface area contributed by atoms with Gasteiger partial charge in [-0.3, -0.25) is 9.59 Å². The van der Waals surface area contributed by atoms with Gasteiger partial charge in [0.1, 0.15) is 17.1 Å². The monoisotopic (exact) mass is 489 g/mol. The topological polar surface area (TPSA) is 72.1 Å². The number of benzene rings is 2. The number of fused-ring (bicyclic) bond motifs is 1. The van der Waals surface area contributed by atoms with Crippen molar-refractivity contribution >= 4 is 17.1 Å². The first-order valence-electron chi connectivity index (χ1n) is 12.1. The summed E-state index contributed by atoms with van der Waals surface area (Å²) >= 11 is 0. The highest BCUT2D eigenvalue weighted by Crippen LogP contribution is 2.29. The lowest BCUT2D eigenvalue weighted by atomic mass is 10.1. The Morgan fingerprint density at radius 3 is 2.53 bits per heavy atom. The van der Waals surface area contributed by atoms with E-state index >= 15 is 0 Å². The van der Waals surface area contributed by atoms with Crippen LogP contribution in [0.5, 0.6) is 5.75 Å². The van der Waals surface area contributed by atoms with Crippen LogP contribution in [0.2, 0.25) is 0 Å². The van der Waals surface area contributed by atoms with E-state index in [4.69, 9.17) is 4.74 Å². The van der Waals surface area contributed by atoms with Crippen molar-refractivity contribution in [3.05, 3.63) is 83.2 Å². The van der Waals surface area contributed by atoms with Gasteiger partial charge in [-0.25, -0.2) is 8.91 Å². The van der Waals surface area contributed by atoms with Crippen LogP contribution in [-0.4, -0.2) is 57.8 Å². The smallest absolute Gasteiger partial charge is 0.276 e. The van der Waals surface area contributed by atoms with Gasteiger partial charge in [0.15, 0.2) is 0 Å². The summed E-state index contributed by atoms with van der Waals surface area (Å²) in [6.07, 6.45) is 3.58. The first-order chi connectivity index (χ1) is 17.5. The van der Waals surface area contributed by atoms with Gasteiger partial charge in [-0.15, -0.1) is 0 Å². The number of amides is 1. The van der Waals surface area contributed by atoms with Crippen molar-refractivity contribution in [1.82, 2.24) is 19.1 Å². The summed E-state index contributed by atoms with van der Waals surface area (Å²) in [5, 5.41) is 4.43. The van der Waals surface area contributed by atoms with E-state index in [1.165, 1.54) is 21.2 Å². The minimum absolute atomic E-state index is 0.0278. The van der Waals surface area contributed by atoms with Crippen molar-refractivity contribution in [2.75, 3.05) is 37.7 Å². The number of aromatic nitrogens is 3. The molecular weight excluding hydrogens is 461 g/mol. The zero-order valence-electron chi connectivity index (χ0n) is 20.1. The molecule has 1 aliphatic rings. The van der Waals surface area contributed by atoms with Crippen LogP contribution in [0.1, 0.15) is 13.3 Å². The molecular formula is C27H28FN5O3. The molecule has 0 bridgehead atoms. The predicted octanol–water partition coefficient (Wildman–Crippen LogP) is 3.44. The van der Waals surface area contributed by atoms with Crippen LogP contribution >= 0.6 is 0 Å².